The largest absolute Gasteiger partial charge is 0.454 e. The monoisotopic (exact) mass is 436 g/mol. The highest BCUT2D eigenvalue weighted by Crippen LogP contribution is 2.34. The van der Waals surface area contributed by atoms with Gasteiger partial charge in [-0.15, -0.1) is 0 Å². The Morgan fingerprint density at radius 1 is 1.10 bits per heavy atom. The molecule has 0 amide bonds. The Kier molecular flexibility index (Phi) is 4.54. The van der Waals surface area contributed by atoms with Gasteiger partial charge in [0.1, 0.15) is 11.3 Å². The zero-order valence-corrected chi connectivity index (χ0v) is 17.5. The van der Waals surface area contributed by atoms with E-state index in [2.05, 4.69) is 4.98 Å². The lowest BCUT2D eigenvalue weighted by Gasteiger charge is -2.35. The van der Waals surface area contributed by atoms with Crippen molar-refractivity contribution in [2.24, 2.45) is 12.8 Å². The number of hydrogen-bond acceptors (Lipinski definition) is 6. The Balaban J connectivity index is 1.59. The standard InChI is InChI=1S/C22H20N4O4S/c1-25-11-15(5-6-21(25)27)20-10-19-22(30-20)18(7-8-24-19)14-3-2-4-17(9-14)31(28,29)26-12-16(23)13-26/h2-11,16H,12-13,23H2,1H3. The fourth-order valence-electron chi connectivity index (χ4n) is 3.69. The van der Waals surface area contributed by atoms with Gasteiger partial charge in [0.25, 0.3) is 0 Å². The van der Waals surface area contributed by atoms with Crippen molar-refractivity contribution in [1.82, 2.24) is 13.9 Å². The molecular formula is C22H20N4O4S. The SMILES string of the molecule is Cn1cc(-c2cc3nccc(-c4cccc(S(=O)(=O)N5CC(N)C5)c4)c3o2)ccc1=O. The van der Waals surface area contributed by atoms with Crippen LogP contribution in [0.25, 0.3) is 33.6 Å². The summed E-state index contributed by atoms with van der Waals surface area (Å²) in [7, 11) is -1.92. The fraction of sp³-hybridized carbons (Fsp3) is 0.182. The molecule has 8 nitrogen and oxygen atoms in total. The van der Waals surface area contributed by atoms with Crippen LogP contribution in [0.1, 0.15) is 0 Å². The molecule has 1 aliphatic rings. The summed E-state index contributed by atoms with van der Waals surface area (Å²) in [6.45, 7) is 0.653. The number of furan rings is 1. The quantitative estimate of drug-likeness (QED) is 0.525. The molecule has 0 unspecified atom stereocenters. The van der Waals surface area contributed by atoms with Gasteiger partial charge in [-0.3, -0.25) is 9.78 Å². The highest BCUT2D eigenvalue weighted by Gasteiger charge is 2.34. The van der Waals surface area contributed by atoms with E-state index in [0.717, 1.165) is 11.1 Å². The highest BCUT2D eigenvalue weighted by atomic mass is 32.2. The molecule has 1 aliphatic heterocycles. The summed E-state index contributed by atoms with van der Waals surface area (Å²) in [6, 6.07) is 13.4. The first kappa shape index (κ1) is 19.7. The van der Waals surface area contributed by atoms with Gasteiger partial charge in [0, 0.05) is 61.8 Å². The summed E-state index contributed by atoms with van der Waals surface area (Å²) >= 11 is 0. The first-order chi connectivity index (χ1) is 14.8. The van der Waals surface area contributed by atoms with Crippen LogP contribution in [-0.4, -0.2) is 41.4 Å². The maximum atomic E-state index is 12.9. The number of nitrogens with zero attached hydrogens (tertiary/aromatic N) is 3. The van der Waals surface area contributed by atoms with Crippen molar-refractivity contribution in [3.63, 3.8) is 0 Å². The number of sulfonamides is 1. The Labute approximate surface area is 178 Å². The molecule has 158 valence electrons. The van der Waals surface area contributed by atoms with E-state index in [1.165, 1.54) is 14.9 Å². The molecule has 5 rings (SSSR count). The molecule has 1 fully saturated rings. The molecule has 0 bridgehead atoms. The van der Waals surface area contributed by atoms with Crippen LogP contribution < -0.4 is 11.3 Å². The van der Waals surface area contributed by atoms with Crippen LogP contribution in [0, 0.1) is 0 Å². The molecule has 0 saturated carbocycles. The molecule has 2 N–H and O–H groups in total. The number of aromatic nitrogens is 2. The lowest BCUT2D eigenvalue weighted by molar-refractivity contribution is 0.265. The highest BCUT2D eigenvalue weighted by molar-refractivity contribution is 7.89. The Bertz CT molecular complexity index is 1470. The second-order valence-electron chi connectivity index (χ2n) is 7.66. The maximum Gasteiger partial charge on any atom is 0.250 e. The summed E-state index contributed by atoms with van der Waals surface area (Å²) in [5.74, 6) is 0.573. The number of aryl methyl sites for hydroxylation is 1. The third-order valence-electron chi connectivity index (χ3n) is 5.44. The second-order valence-corrected chi connectivity index (χ2v) is 9.60. The van der Waals surface area contributed by atoms with Crippen LogP contribution in [-0.2, 0) is 17.1 Å². The van der Waals surface area contributed by atoms with Gasteiger partial charge in [0.05, 0.1) is 4.90 Å². The molecule has 0 radical (unpaired) electrons. The number of pyridine rings is 2. The van der Waals surface area contributed by atoms with Gasteiger partial charge in [-0.2, -0.15) is 4.31 Å². The van der Waals surface area contributed by atoms with Gasteiger partial charge in [-0.05, 0) is 29.8 Å². The maximum absolute atomic E-state index is 12.9. The number of nitrogens with two attached hydrogens (primary N) is 1. The van der Waals surface area contributed by atoms with Crippen LogP contribution >= 0.6 is 0 Å². The number of fused-ring (bicyclic) bond motifs is 1. The first-order valence-electron chi connectivity index (χ1n) is 9.75. The van der Waals surface area contributed by atoms with Crippen molar-refractivity contribution >= 4 is 21.1 Å². The molecule has 1 saturated heterocycles. The summed E-state index contributed by atoms with van der Waals surface area (Å²) in [5, 5.41) is 0. The van der Waals surface area contributed by atoms with Crippen molar-refractivity contribution in [2.75, 3.05) is 13.1 Å². The third-order valence-corrected chi connectivity index (χ3v) is 7.27. The topological polar surface area (TPSA) is 111 Å². The minimum absolute atomic E-state index is 0.111. The zero-order valence-electron chi connectivity index (χ0n) is 16.7. The Morgan fingerprint density at radius 3 is 2.65 bits per heavy atom. The average Bonchev–Trinajstić information content (AvgIpc) is 3.18. The fourth-order valence-corrected chi connectivity index (χ4v) is 5.29. The van der Waals surface area contributed by atoms with E-state index in [1.54, 1.807) is 55.8 Å². The van der Waals surface area contributed by atoms with Gasteiger partial charge in [0.15, 0.2) is 5.58 Å². The van der Waals surface area contributed by atoms with Gasteiger partial charge < -0.3 is 14.7 Å². The smallest absolute Gasteiger partial charge is 0.250 e. The van der Waals surface area contributed by atoms with E-state index < -0.39 is 10.0 Å². The minimum Gasteiger partial charge on any atom is -0.454 e. The van der Waals surface area contributed by atoms with Crippen LogP contribution in [0.2, 0.25) is 0 Å². The number of hydrogen-bond donors (Lipinski definition) is 1. The van der Waals surface area contributed by atoms with Gasteiger partial charge in [-0.25, -0.2) is 8.42 Å². The number of rotatable bonds is 4. The van der Waals surface area contributed by atoms with Crippen molar-refractivity contribution in [3.8, 4) is 22.5 Å². The summed E-state index contributed by atoms with van der Waals surface area (Å²) in [4.78, 5) is 16.3. The first-order valence-corrected chi connectivity index (χ1v) is 11.2. The lowest BCUT2D eigenvalue weighted by Crippen LogP contribution is -2.57. The van der Waals surface area contributed by atoms with Crippen LogP contribution in [0.3, 0.4) is 0 Å². The van der Waals surface area contributed by atoms with E-state index >= 15 is 0 Å². The predicted molar refractivity (Wildman–Crippen MR) is 117 cm³/mol. The van der Waals surface area contributed by atoms with E-state index in [9.17, 15) is 13.2 Å². The van der Waals surface area contributed by atoms with Crippen molar-refractivity contribution in [2.45, 2.75) is 10.9 Å². The normalized spacial score (nSPS) is 15.3. The van der Waals surface area contributed by atoms with Gasteiger partial charge in [0.2, 0.25) is 15.6 Å². The van der Waals surface area contributed by atoms with E-state index in [1.807, 2.05) is 6.07 Å². The average molecular weight is 436 g/mol. The number of benzene rings is 1. The molecule has 0 aliphatic carbocycles. The molecule has 4 heterocycles. The lowest BCUT2D eigenvalue weighted by atomic mass is 10.1. The van der Waals surface area contributed by atoms with Crippen LogP contribution in [0.4, 0.5) is 0 Å². The van der Waals surface area contributed by atoms with Gasteiger partial charge in [-0.1, -0.05) is 12.1 Å². The third kappa shape index (κ3) is 3.36. The Hall–Kier alpha value is -3.27. The molecule has 4 aromatic rings. The van der Waals surface area contributed by atoms with E-state index in [4.69, 9.17) is 10.2 Å². The Morgan fingerprint density at radius 2 is 1.90 bits per heavy atom. The molecule has 9 heteroatoms. The summed E-state index contributed by atoms with van der Waals surface area (Å²) in [6.07, 6.45) is 3.36. The van der Waals surface area contributed by atoms with Crippen LogP contribution in [0.5, 0.6) is 0 Å². The molecule has 1 aromatic carbocycles. The van der Waals surface area contributed by atoms with Crippen LogP contribution in [0.15, 0.2) is 75.0 Å². The van der Waals surface area contributed by atoms with Crippen molar-refractivity contribution in [3.05, 3.63) is 71.3 Å². The molecule has 31 heavy (non-hydrogen) atoms. The molecule has 3 aromatic heterocycles. The minimum atomic E-state index is -3.59. The van der Waals surface area contributed by atoms with Crippen molar-refractivity contribution < 1.29 is 12.8 Å². The second kappa shape index (κ2) is 7.16. The molecule has 0 atom stereocenters. The zero-order chi connectivity index (χ0) is 21.8. The molecular weight excluding hydrogens is 416 g/mol. The summed E-state index contributed by atoms with van der Waals surface area (Å²) in [5.41, 5.74) is 9.02. The predicted octanol–water partition coefficient (Wildman–Crippen LogP) is 2.19. The summed E-state index contributed by atoms with van der Waals surface area (Å²) < 4.78 is 34.7. The van der Waals surface area contributed by atoms with Gasteiger partial charge >= 0.3 is 0 Å². The van der Waals surface area contributed by atoms with E-state index in [-0.39, 0.29) is 16.5 Å². The van der Waals surface area contributed by atoms with Crippen molar-refractivity contribution in [1.29, 1.82) is 0 Å². The molecule has 0 spiro atoms. The van der Waals surface area contributed by atoms with E-state index in [0.29, 0.717) is 35.5 Å².